The molecule has 10 heteroatoms. The lowest BCUT2D eigenvalue weighted by atomic mass is 10.1. The van der Waals surface area contributed by atoms with E-state index in [0.717, 1.165) is 0 Å². The Morgan fingerprint density at radius 2 is 2.04 bits per heavy atom. The largest absolute Gasteiger partial charge is 0.461 e. The molecule has 1 saturated heterocycles. The number of H-pyrrole nitrogens is 2. The molecule has 3 heterocycles. The summed E-state index contributed by atoms with van der Waals surface area (Å²) in [5.74, 6) is -0.0601. The number of ketones is 1. The molecule has 1 fully saturated rings. The van der Waals surface area contributed by atoms with Gasteiger partial charge in [0.25, 0.3) is 5.56 Å². The van der Waals surface area contributed by atoms with E-state index in [4.69, 9.17) is 4.42 Å². The van der Waals surface area contributed by atoms with Crippen LogP contribution in [0.3, 0.4) is 0 Å². The number of furan rings is 1. The number of hydrogen-bond acceptors (Lipinski definition) is 6. The van der Waals surface area contributed by atoms with E-state index in [-0.39, 0.29) is 33.8 Å². The van der Waals surface area contributed by atoms with Crippen LogP contribution >= 0.6 is 0 Å². The van der Waals surface area contributed by atoms with Crippen molar-refractivity contribution in [1.29, 1.82) is 0 Å². The number of benzene rings is 1. The first-order chi connectivity index (χ1) is 13.4. The topological polar surface area (TPSA) is 133 Å². The second-order valence-corrected chi connectivity index (χ2v) is 8.52. The summed E-state index contributed by atoms with van der Waals surface area (Å²) in [4.78, 5) is 40.2. The molecule has 1 atom stereocenters. The van der Waals surface area contributed by atoms with Gasteiger partial charge in [0.1, 0.15) is 0 Å². The van der Waals surface area contributed by atoms with Crippen molar-refractivity contribution in [1.82, 2.24) is 14.3 Å². The maximum absolute atomic E-state index is 13.1. The summed E-state index contributed by atoms with van der Waals surface area (Å²) in [6.07, 6.45) is 2.62. The second-order valence-electron chi connectivity index (χ2n) is 6.63. The van der Waals surface area contributed by atoms with Crippen molar-refractivity contribution in [3.05, 3.63) is 63.2 Å². The summed E-state index contributed by atoms with van der Waals surface area (Å²) in [5.41, 5.74) is -1.08. The van der Waals surface area contributed by atoms with Gasteiger partial charge in [0.15, 0.2) is 11.5 Å². The summed E-state index contributed by atoms with van der Waals surface area (Å²) < 4.78 is 32.7. The average molecular weight is 403 g/mol. The molecule has 0 amide bonds. The maximum atomic E-state index is 13.1. The summed E-state index contributed by atoms with van der Waals surface area (Å²) >= 11 is 0. The number of rotatable bonds is 5. The minimum absolute atomic E-state index is 0.0221. The van der Waals surface area contributed by atoms with Gasteiger partial charge in [-0.1, -0.05) is 0 Å². The highest BCUT2D eigenvalue weighted by Crippen LogP contribution is 2.29. The molecule has 146 valence electrons. The van der Waals surface area contributed by atoms with Crippen molar-refractivity contribution in [2.24, 2.45) is 0 Å². The minimum atomic E-state index is -3.91. The molecule has 0 radical (unpaired) electrons. The third-order valence-electron chi connectivity index (χ3n) is 4.86. The number of Topliss-reactive ketones (excluding diaryl/α,β-unsaturated/α-hetero) is 1. The van der Waals surface area contributed by atoms with Crippen LogP contribution in [-0.2, 0) is 10.0 Å². The van der Waals surface area contributed by atoms with Crippen molar-refractivity contribution in [2.75, 3.05) is 6.54 Å². The van der Waals surface area contributed by atoms with E-state index < -0.39 is 27.3 Å². The van der Waals surface area contributed by atoms with E-state index in [0.29, 0.717) is 19.4 Å². The van der Waals surface area contributed by atoms with Crippen molar-refractivity contribution in [3.63, 3.8) is 0 Å². The molecular weight excluding hydrogens is 386 g/mol. The maximum Gasteiger partial charge on any atom is 0.326 e. The quantitative estimate of drug-likeness (QED) is 0.616. The van der Waals surface area contributed by atoms with Crippen molar-refractivity contribution in [2.45, 2.75) is 30.2 Å². The fourth-order valence-electron chi connectivity index (χ4n) is 3.52. The summed E-state index contributed by atoms with van der Waals surface area (Å²) in [5, 5.41) is 0.0723. The van der Waals surface area contributed by atoms with Crippen LogP contribution in [0.1, 0.15) is 29.8 Å². The molecule has 1 aliphatic heterocycles. The van der Waals surface area contributed by atoms with E-state index in [1.54, 1.807) is 12.1 Å². The van der Waals surface area contributed by atoms with Gasteiger partial charge >= 0.3 is 5.69 Å². The van der Waals surface area contributed by atoms with Gasteiger partial charge in [-0.25, -0.2) is 13.2 Å². The molecule has 1 aliphatic rings. The van der Waals surface area contributed by atoms with Crippen LogP contribution in [0.5, 0.6) is 0 Å². The van der Waals surface area contributed by atoms with Gasteiger partial charge in [-0.3, -0.25) is 14.6 Å². The fourth-order valence-corrected chi connectivity index (χ4v) is 5.24. The number of hydrogen-bond donors (Lipinski definition) is 2. The lowest BCUT2D eigenvalue weighted by Crippen LogP contribution is -2.37. The molecule has 4 rings (SSSR count). The number of carbonyl (C=O) groups is 1. The Hall–Kier alpha value is -2.98. The van der Waals surface area contributed by atoms with Crippen molar-refractivity contribution < 1.29 is 17.6 Å². The highest BCUT2D eigenvalue weighted by molar-refractivity contribution is 7.89. The molecule has 0 bridgehead atoms. The second kappa shape index (κ2) is 6.88. The molecule has 2 aromatic heterocycles. The first-order valence-corrected chi connectivity index (χ1v) is 10.2. The van der Waals surface area contributed by atoms with Gasteiger partial charge in [-0.15, -0.1) is 0 Å². The SMILES string of the molecule is O=C(C[C@@H]1CCCN1S(=O)(=O)c1ccc2[nH]c(=O)[nH]c(=O)c2c1)c1ccco1. The lowest BCUT2D eigenvalue weighted by molar-refractivity contribution is 0.0934. The van der Waals surface area contributed by atoms with Crippen LogP contribution in [0, 0.1) is 0 Å². The molecule has 0 aliphatic carbocycles. The molecule has 28 heavy (non-hydrogen) atoms. The molecule has 2 N–H and O–H groups in total. The third kappa shape index (κ3) is 3.20. The average Bonchev–Trinajstić information content (AvgIpc) is 3.33. The predicted octanol–water partition coefficient (Wildman–Crippen LogP) is 1.24. The van der Waals surface area contributed by atoms with Gasteiger partial charge < -0.3 is 9.40 Å². The van der Waals surface area contributed by atoms with E-state index in [1.165, 1.54) is 28.8 Å². The summed E-state index contributed by atoms with van der Waals surface area (Å²) in [7, 11) is -3.91. The molecule has 0 unspecified atom stereocenters. The van der Waals surface area contributed by atoms with E-state index >= 15 is 0 Å². The lowest BCUT2D eigenvalue weighted by Gasteiger charge is -2.23. The molecule has 9 nitrogen and oxygen atoms in total. The first kappa shape index (κ1) is 18.4. The molecule has 1 aromatic carbocycles. The Morgan fingerprint density at radius 3 is 2.79 bits per heavy atom. The Balaban J connectivity index is 1.67. The Labute approximate surface area is 159 Å². The number of sulfonamides is 1. The normalized spacial score (nSPS) is 17.9. The molecule has 0 spiro atoms. The third-order valence-corrected chi connectivity index (χ3v) is 6.81. The number of nitrogens with one attached hydrogen (secondary N) is 2. The van der Waals surface area contributed by atoms with Crippen molar-refractivity contribution in [3.8, 4) is 0 Å². The van der Waals surface area contributed by atoms with E-state index in [2.05, 4.69) is 9.97 Å². The number of aromatic nitrogens is 2. The monoisotopic (exact) mass is 403 g/mol. The van der Waals surface area contributed by atoms with Gasteiger partial charge in [-0.05, 0) is 43.2 Å². The molecular formula is C18H17N3O6S. The molecule has 3 aromatic rings. The zero-order chi connectivity index (χ0) is 19.9. The number of fused-ring (bicyclic) bond motifs is 1. The first-order valence-electron chi connectivity index (χ1n) is 8.71. The van der Waals surface area contributed by atoms with Crippen LogP contribution in [0.2, 0.25) is 0 Å². The summed E-state index contributed by atoms with van der Waals surface area (Å²) in [6.45, 7) is 0.290. The van der Waals surface area contributed by atoms with Gasteiger partial charge in [0, 0.05) is 19.0 Å². The van der Waals surface area contributed by atoms with E-state index in [9.17, 15) is 22.8 Å². The summed E-state index contributed by atoms with van der Waals surface area (Å²) in [6, 6.07) is 6.64. The molecule has 0 saturated carbocycles. The van der Waals surface area contributed by atoms with Crippen LogP contribution < -0.4 is 11.2 Å². The van der Waals surface area contributed by atoms with Crippen LogP contribution in [0.4, 0.5) is 0 Å². The predicted molar refractivity (Wildman–Crippen MR) is 99.8 cm³/mol. The van der Waals surface area contributed by atoms with Crippen LogP contribution in [-0.4, -0.2) is 41.1 Å². The van der Waals surface area contributed by atoms with Crippen molar-refractivity contribution >= 4 is 26.7 Å². The zero-order valence-corrected chi connectivity index (χ0v) is 15.5. The number of nitrogens with zero attached hydrogens (tertiary/aromatic N) is 1. The van der Waals surface area contributed by atoms with Gasteiger partial charge in [0.2, 0.25) is 10.0 Å². The zero-order valence-electron chi connectivity index (χ0n) is 14.7. The Bertz CT molecular complexity index is 1260. The Kier molecular flexibility index (Phi) is 4.52. The smallest absolute Gasteiger partial charge is 0.326 e. The number of aromatic amines is 2. The Morgan fingerprint density at radius 1 is 1.21 bits per heavy atom. The fraction of sp³-hybridized carbons (Fsp3) is 0.278. The highest BCUT2D eigenvalue weighted by atomic mass is 32.2. The highest BCUT2D eigenvalue weighted by Gasteiger charge is 2.37. The van der Waals surface area contributed by atoms with E-state index in [1.807, 2.05) is 0 Å². The van der Waals surface area contributed by atoms with Gasteiger partial charge in [0.05, 0.1) is 22.1 Å². The van der Waals surface area contributed by atoms with Gasteiger partial charge in [-0.2, -0.15) is 4.31 Å². The number of carbonyl (C=O) groups excluding carboxylic acids is 1. The van der Waals surface area contributed by atoms with Crippen LogP contribution in [0.15, 0.2) is 55.5 Å². The minimum Gasteiger partial charge on any atom is -0.461 e. The standard InChI is InChI=1S/C18H17N3O6S/c22-15(16-4-2-8-27-16)9-11-3-1-7-21(11)28(25,26)12-5-6-14-13(10-12)17(23)20-18(24)19-14/h2,4-6,8,10-11H,1,3,7,9H2,(H2,19,20,23,24)/t11-/m0/s1. The van der Waals surface area contributed by atoms with Crippen LogP contribution in [0.25, 0.3) is 10.9 Å².